The molecule has 0 aliphatic rings. The summed E-state index contributed by atoms with van der Waals surface area (Å²) in [6.07, 6.45) is 2.72. The molecule has 0 bridgehead atoms. The fourth-order valence-electron chi connectivity index (χ4n) is 1.80. The number of benzene rings is 1. The van der Waals surface area contributed by atoms with Crippen molar-refractivity contribution in [2.24, 2.45) is 0 Å². The zero-order chi connectivity index (χ0) is 13.8. The number of aromatic nitrogens is 2. The van der Waals surface area contributed by atoms with Gasteiger partial charge in [0.25, 0.3) is 0 Å². The topological polar surface area (TPSA) is 47.3 Å². The number of aliphatic hydroxyl groups excluding tert-OH is 1. The van der Waals surface area contributed by atoms with Crippen molar-refractivity contribution < 1.29 is 14.2 Å². The first-order valence-corrected chi connectivity index (χ1v) is 6.21. The minimum absolute atomic E-state index is 0.174. The van der Waals surface area contributed by atoms with Crippen molar-refractivity contribution in [3.05, 3.63) is 47.8 Å². The molecule has 4 nitrogen and oxygen atoms in total. The van der Waals surface area contributed by atoms with Crippen LogP contribution in [0.25, 0.3) is 0 Å². The second kappa shape index (κ2) is 5.84. The number of aliphatic hydroxyl groups is 1. The van der Waals surface area contributed by atoms with Crippen LogP contribution in [0.3, 0.4) is 0 Å². The number of hydrogen-bond acceptors (Lipinski definition) is 3. The molecule has 0 spiro atoms. The average Bonchev–Trinajstić information content (AvgIpc) is 2.84. The highest BCUT2D eigenvalue weighted by Crippen LogP contribution is 2.22. The Bertz CT molecular complexity index is 552. The van der Waals surface area contributed by atoms with Crippen molar-refractivity contribution in [2.45, 2.75) is 33.1 Å². The van der Waals surface area contributed by atoms with Crippen LogP contribution in [0.4, 0.5) is 4.39 Å². The summed E-state index contributed by atoms with van der Waals surface area (Å²) in [5, 5.41) is 9.37. The van der Waals surface area contributed by atoms with Crippen LogP contribution in [0.15, 0.2) is 30.7 Å². The van der Waals surface area contributed by atoms with Gasteiger partial charge in [-0.1, -0.05) is 6.07 Å². The van der Waals surface area contributed by atoms with E-state index in [2.05, 4.69) is 4.98 Å². The van der Waals surface area contributed by atoms with Gasteiger partial charge in [-0.2, -0.15) is 0 Å². The smallest absolute Gasteiger partial charge is 0.165 e. The van der Waals surface area contributed by atoms with Crippen molar-refractivity contribution in [3.8, 4) is 5.75 Å². The van der Waals surface area contributed by atoms with Gasteiger partial charge in [-0.3, -0.25) is 0 Å². The highest BCUT2D eigenvalue weighted by molar-refractivity contribution is 5.30. The van der Waals surface area contributed by atoms with Gasteiger partial charge in [0.05, 0.1) is 24.3 Å². The predicted octanol–water partition coefficient (Wildman–Crippen LogP) is 2.67. The first kappa shape index (κ1) is 13.5. The lowest BCUT2D eigenvalue weighted by molar-refractivity contribution is 0.198. The maximum atomic E-state index is 13.8. The van der Waals surface area contributed by atoms with Crippen LogP contribution in [0.5, 0.6) is 5.75 Å². The SMILES string of the molecule is CCn1cncc1COc1ccc([C@@H](C)O)cc1F. The number of hydrogen-bond donors (Lipinski definition) is 1. The second-order valence-corrected chi connectivity index (χ2v) is 4.33. The Hall–Kier alpha value is -1.88. The fourth-order valence-corrected chi connectivity index (χ4v) is 1.80. The van der Waals surface area contributed by atoms with Gasteiger partial charge in [-0.05, 0) is 31.5 Å². The van der Waals surface area contributed by atoms with Crippen LogP contribution in [0.1, 0.15) is 31.2 Å². The molecule has 5 heteroatoms. The minimum atomic E-state index is -0.690. The molecular weight excluding hydrogens is 247 g/mol. The second-order valence-electron chi connectivity index (χ2n) is 4.33. The number of ether oxygens (including phenoxy) is 1. The Morgan fingerprint density at radius 2 is 2.26 bits per heavy atom. The molecule has 0 saturated carbocycles. The molecular formula is C14H17FN2O2. The van der Waals surface area contributed by atoms with Gasteiger partial charge in [0.15, 0.2) is 11.6 Å². The molecule has 0 aliphatic heterocycles. The standard InChI is InChI=1S/C14H17FN2O2/c1-3-17-9-16-7-12(17)8-19-14-5-4-11(10(2)18)6-13(14)15/h4-7,9-10,18H,3,8H2,1-2H3/t10-/m1/s1. The van der Waals surface area contributed by atoms with E-state index in [9.17, 15) is 9.50 Å². The van der Waals surface area contributed by atoms with Crippen molar-refractivity contribution in [2.75, 3.05) is 0 Å². The van der Waals surface area contributed by atoms with E-state index in [0.29, 0.717) is 5.56 Å². The monoisotopic (exact) mass is 264 g/mol. The summed E-state index contributed by atoms with van der Waals surface area (Å²) in [7, 11) is 0. The Morgan fingerprint density at radius 3 is 2.89 bits per heavy atom. The van der Waals surface area contributed by atoms with Crippen molar-refractivity contribution in [1.29, 1.82) is 0 Å². The third-order valence-electron chi connectivity index (χ3n) is 2.95. The summed E-state index contributed by atoms with van der Waals surface area (Å²) >= 11 is 0. The first-order valence-electron chi connectivity index (χ1n) is 6.21. The molecule has 0 amide bonds. The van der Waals surface area contributed by atoms with Crippen LogP contribution >= 0.6 is 0 Å². The molecule has 0 aliphatic carbocycles. The Labute approximate surface area is 111 Å². The molecule has 2 rings (SSSR count). The molecule has 0 unspecified atom stereocenters. The first-order chi connectivity index (χ1) is 9.11. The highest BCUT2D eigenvalue weighted by atomic mass is 19.1. The van der Waals surface area contributed by atoms with E-state index in [1.54, 1.807) is 25.5 Å². The van der Waals surface area contributed by atoms with Gasteiger partial charge in [-0.25, -0.2) is 9.37 Å². The zero-order valence-corrected chi connectivity index (χ0v) is 11.0. The predicted molar refractivity (Wildman–Crippen MR) is 69.3 cm³/mol. The molecule has 1 aromatic heterocycles. The Balaban J connectivity index is 2.08. The maximum Gasteiger partial charge on any atom is 0.165 e. The van der Waals surface area contributed by atoms with Gasteiger partial charge in [0.2, 0.25) is 0 Å². The van der Waals surface area contributed by atoms with Gasteiger partial charge >= 0.3 is 0 Å². The lowest BCUT2D eigenvalue weighted by Gasteiger charge is -2.10. The number of nitrogens with zero attached hydrogens (tertiary/aromatic N) is 2. The van der Waals surface area contributed by atoms with Crippen molar-refractivity contribution in [1.82, 2.24) is 9.55 Å². The number of imidazole rings is 1. The zero-order valence-electron chi connectivity index (χ0n) is 11.0. The van der Waals surface area contributed by atoms with Gasteiger partial charge in [0, 0.05) is 6.54 Å². The molecule has 0 fully saturated rings. The van der Waals surface area contributed by atoms with E-state index in [1.165, 1.54) is 12.1 Å². The quantitative estimate of drug-likeness (QED) is 0.903. The molecule has 2 aromatic rings. The van der Waals surface area contributed by atoms with Crippen LogP contribution < -0.4 is 4.74 Å². The van der Waals surface area contributed by atoms with Gasteiger partial charge in [0.1, 0.15) is 6.61 Å². The molecule has 1 atom stereocenters. The van der Waals surface area contributed by atoms with Crippen molar-refractivity contribution in [3.63, 3.8) is 0 Å². The fraction of sp³-hybridized carbons (Fsp3) is 0.357. The molecule has 1 aromatic carbocycles. The summed E-state index contributed by atoms with van der Waals surface area (Å²) in [5.74, 6) is -0.297. The lowest BCUT2D eigenvalue weighted by Crippen LogP contribution is -2.05. The van der Waals surface area contributed by atoms with E-state index in [4.69, 9.17) is 4.74 Å². The molecule has 1 heterocycles. The summed E-state index contributed by atoms with van der Waals surface area (Å²) in [5.41, 5.74) is 1.42. The summed E-state index contributed by atoms with van der Waals surface area (Å²) < 4.78 is 21.1. The van der Waals surface area contributed by atoms with Crippen LogP contribution in [0, 0.1) is 5.82 Å². The van der Waals surface area contributed by atoms with E-state index in [-0.39, 0.29) is 12.4 Å². The minimum Gasteiger partial charge on any atom is -0.484 e. The Morgan fingerprint density at radius 1 is 1.47 bits per heavy atom. The third-order valence-corrected chi connectivity index (χ3v) is 2.95. The lowest BCUT2D eigenvalue weighted by atomic mass is 10.1. The number of rotatable bonds is 5. The molecule has 1 N–H and O–H groups in total. The van der Waals surface area contributed by atoms with E-state index < -0.39 is 11.9 Å². The summed E-state index contributed by atoms with van der Waals surface area (Å²) in [6, 6.07) is 4.47. The molecule has 0 radical (unpaired) electrons. The summed E-state index contributed by atoms with van der Waals surface area (Å²) in [4.78, 5) is 4.02. The third kappa shape index (κ3) is 3.12. The number of aryl methyl sites for hydroxylation is 1. The molecule has 102 valence electrons. The van der Waals surface area contributed by atoms with Gasteiger partial charge < -0.3 is 14.4 Å². The largest absolute Gasteiger partial charge is 0.484 e. The van der Waals surface area contributed by atoms with E-state index >= 15 is 0 Å². The van der Waals surface area contributed by atoms with Crippen LogP contribution in [-0.4, -0.2) is 14.7 Å². The average molecular weight is 264 g/mol. The van der Waals surface area contributed by atoms with Gasteiger partial charge in [-0.15, -0.1) is 0 Å². The molecule has 0 saturated heterocycles. The Kier molecular flexibility index (Phi) is 4.16. The number of halogens is 1. The normalized spacial score (nSPS) is 12.4. The summed E-state index contributed by atoms with van der Waals surface area (Å²) in [6.45, 7) is 4.65. The van der Waals surface area contributed by atoms with Crippen LogP contribution in [0.2, 0.25) is 0 Å². The highest BCUT2D eigenvalue weighted by Gasteiger charge is 2.09. The van der Waals surface area contributed by atoms with Crippen molar-refractivity contribution >= 4 is 0 Å². The molecule has 19 heavy (non-hydrogen) atoms. The van der Waals surface area contributed by atoms with E-state index in [0.717, 1.165) is 12.2 Å². The maximum absolute atomic E-state index is 13.8. The van der Waals surface area contributed by atoms with E-state index in [1.807, 2.05) is 11.5 Å². The van der Waals surface area contributed by atoms with Crippen LogP contribution in [-0.2, 0) is 13.2 Å².